The number of anilines is 1. The zero-order chi connectivity index (χ0) is 26.3. The van der Waals surface area contributed by atoms with Gasteiger partial charge in [0.1, 0.15) is 17.0 Å². The van der Waals surface area contributed by atoms with E-state index in [9.17, 15) is 18.0 Å². The van der Waals surface area contributed by atoms with Crippen molar-refractivity contribution < 1.29 is 22.5 Å². The summed E-state index contributed by atoms with van der Waals surface area (Å²) in [6.07, 6.45) is -1.94. The highest BCUT2D eigenvalue weighted by Gasteiger charge is 2.36. The molecular formula is C24H25F3N8O2. The highest BCUT2D eigenvalue weighted by Crippen LogP contribution is 2.39. The van der Waals surface area contributed by atoms with E-state index in [0.29, 0.717) is 47.7 Å². The molecule has 0 aromatic carbocycles. The summed E-state index contributed by atoms with van der Waals surface area (Å²) in [5, 5.41) is 13.3. The summed E-state index contributed by atoms with van der Waals surface area (Å²) >= 11 is 0. The van der Waals surface area contributed by atoms with Gasteiger partial charge in [0.15, 0.2) is 0 Å². The smallest absolute Gasteiger partial charge is 0.361 e. The van der Waals surface area contributed by atoms with Gasteiger partial charge in [-0.25, -0.2) is 15.0 Å². The minimum absolute atomic E-state index is 0.0435. The number of aryl methyl sites for hydroxylation is 2. The molecule has 37 heavy (non-hydrogen) atoms. The second kappa shape index (κ2) is 9.47. The Kier molecular flexibility index (Phi) is 6.31. The Morgan fingerprint density at radius 2 is 2.00 bits per heavy atom. The monoisotopic (exact) mass is 514 g/mol. The Morgan fingerprint density at radius 3 is 2.70 bits per heavy atom. The molecule has 10 nitrogen and oxygen atoms in total. The van der Waals surface area contributed by atoms with Crippen molar-refractivity contribution in [1.82, 2.24) is 35.7 Å². The van der Waals surface area contributed by atoms with Crippen LogP contribution >= 0.6 is 0 Å². The Morgan fingerprint density at radius 1 is 1.19 bits per heavy atom. The van der Waals surface area contributed by atoms with Gasteiger partial charge in [-0.05, 0) is 32.4 Å². The van der Waals surface area contributed by atoms with Gasteiger partial charge in [-0.3, -0.25) is 4.79 Å². The molecule has 13 heteroatoms. The first kappa shape index (κ1) is 24.7. The number of nitrogens with one attached hydrogen (secondary N) is 4. The minimum atomic E-state index is -4.67. The molecule has 1 aliphatic rings. The highest BCUT2D eigenvalue weighted by molar-refractivity contribution is 5.94. The van der Waals surface area contributed by atoms with E-state index < -0.39 is 11.7 Å². The molecule has 5 heterocycles. The summed E-state index contributed by atoms with van der Waals surface area (Å²) in [6.45, 7) is 4.61. The van der Waals surface area contributed by atoms with Gasteiger partial charge in [0.05, 0.1) is 28.6 Å². The van der Waals surface area contributed by atoms with Crippen LogP contribution in [0.4, 0.5) is 19.1 Å². The van der Waals surface area contributed by atoms with E-state index in [2.05, 4.69) is 41.0 Å². The molecule has 0 aliphatic carbocycles. The molecular weight excluding hydrogens is 489 g/mol. The number of halogens is 3. The lowest BCUT2D eigenvalue weighted by Gasteiger charge is -2.29. The van der Waals surface area contributed by atoms with Crippen LogP contribution in [0.15, 0.2) is 29.0 Å². The Balaban J connectivity index is 1.51. The van der Waals surface area contributed by atoms with E-state index in [-0.39, 0.29) is 35.1 Å². The van der Waals surface area contributed by atoms with Crippen LogP contribution in [0.25, 0.3) is 33.5 Å². The second-order valence-electron chi connectivity index (χ2n) is 8.99. The van der Waals surface area contributed by atoms with E-state index in [1.807, 2.05) is 0 Å². The fourth-order valence-corrected chi connectivity index (χ4v) is 4.69. The molecule has 2 atom stereocenters. The number of hydrogen-bond donors (Lipinski definition) is 4. The number of aromatic amines is 1. The van der Waals surface area contributed by atoms with Crippen LogP contribution < -0.4 is 16.0 Å². The Labute approximate surface area is 209 Å². The SMILES string of the molecule is CNC(=O)[C@H]1CNC[C@@H](Nc2ncc(C(F)(F)F)c(-c3c[nH]c4nc(-c5c(C)noc5C)ccc34)n2)C1. The molecule has 1 fully saturated rings. The number of pyridine rings is 1. The Bertz CT molecular complexity index is 1440. The highest BCUT2D eigenvalue weighted by atomic mass is 19.4. The first-order valence-electron chi connectivity index (χ1n) is 11.7. The third kappa shape index (κ3) is 4.73. The molecule has 0 saturated carbocycles. The maximum Gasteiger partial charge on any atom is 0.419 e. The van der Waals surface area contributed by atoms with Gasteiger partial charge in [0, 0.05) is 49.5 Å². The van der Waals surface area contributed by atoms with Crippen LogP contribution in [-0.2, 0) is 11.0 Å². The number of amides is 1. The van der Waals surface area contributed by atoms with Crippen molar-refractivity contribution in [2.24, 2.45) is 5.92 Å². The number of hydrogen-bond acceptors (Lipinski definition) is 8. The Hall–Kier alpha value is -4.00. The lowest BCUT2D eigenvalue weighted by Crippen LogP contribution is -2.48. The van der Waals surface area contributed by atoms with Crippen molar-refractivity contribution >= 4 is 22.9 Å². The van der Waals surface area contributed by atoms with E-state index in [1.54, 1.807) is 33.0 Å². The van der Waals surface area contributed by atoms with Crippen LogP contribution in [0.3, 0.4) is 0 Å². The molecule has 1 saturated heterocycles. The van der Waals surface area contributed by atoms with Crippen molar-refractivity contribution in [3.63, 3.8) is 0 Å². The quantitative estimate of drug-likeness (QED) is 0.318. The molecule has 5 rings (SSSR count). The number of rotatable bonds is 5. The van der Waals surface area contributed by atoms with Crippen molar-refractivity contribution in [3.8, 4) is 22.5 Å². The number of carbonyl (C=O) groups is 1. The average Bonchev–Trinajstić information content (AvgIpc) is 3.44. The van der Waals surface area contributed by atoms with Crippen LogP contribution in [0.5, 0.6) is 0 Å². The third-order valence-corrected chi connectivity index (χ3v) is 6.48. The van der Waals surface area contributed by atoms with Gasteiger partial charge in [0.25, 0.3) is 0 Å². The largest absolute Gasteiger partial charge is 0.419 e. The summed E-state index contributed by atoms with van der Waals surface area (Å²) in [5.74, 6) is 0.270. The summed E-state index contributed by atoms with van der Waals surface area (Å²) < 4.78 is 47.1. The molecule has 4 N–H and O–H groups in total. The maximum absolute atomic E-state index is 14.0. The van der Waals surface area contributed by atoms with Crippen molar-refractivity contribution in [1.29, 1.82) is 0 Å². The lowest BCUT2D eigenvalue weighted by atomic mass is 9.95. The topological polar surface area (TPSA) is 134 Å². The van der Waals surface area contributed by atoms with Gasteiger partial charge in [-0.2, -0.15) is 13.2 Å². The summed E-state index contributed by atoms with van der Waals surface area (Å²) in [4.78, 5) is 27.8. The zero-order valence-electron chi connectivity index (χ0n) is 20.3. The predicted molar refractivity (Wildman–Crippen MR) is 130 cm³/mol. The number of H-pyrrole nitrogens is 1. The minimum Gasteiger partial charge on any atom is -0.361 e. The summed E-state index contributed by atoms with van der Waals surface area (Å²) in [7, 11) is 1.57. The molecule has 0 spiro atoms. The number of piperidine rings is 1. The molecule has 0 unspecified atom stereocenters. The number of carbonyl (C=O) groups excluding carboxylic acids is 1. The summed E-state index contributed by atoms with van der Waals surface area (Å²) in [5.41, 5.74) is 1.41. The second-order valence-corrected chi connectivity index (χ2v) is 8.99. The molecule has 4 aromatic rings. The first-order chi connectivity index (χ1) is 17.7. The standard InChI is InChI=1S/C24H25F3N8O2/c1-11-19(12(2)37-35-11)18-5-4-15-16(9-30-21(15)33-18)20-17(24(25,26)27)10-31-23(34-20)32-14-6-13(7-29-8-14)22(36)28-3/h4-5,9-10,13-14,29H,6-8H2,1-3H3,(H,28,36)(H,30,33)(H,31,32,34)/t13-,14+/m1/s1. The molecule has 0 bridgehead atoms. The van der Waals surface area contributed by atoms with Crippen molar-refractivity contribution in [3.05, 3.63) is 41.5 Å². The molecule has 1 amide bonds. The van der Waals surface area contributed by atoms with Gasteiger partial charge < -0.3 is 25.5 Å². The average molecular weight is 515 g/mol. The molecule has 1 aliphatic heterocycles. The van der Waals surface area contributed by atoms with Crippen molar-refractivity contribution in [2.75, 3.05) is 25.5 Å². The van der Waals surface area contributed by atoms with E-state index in [4.69, 9.17) is 4.52 Å². The molecule has 194 valence electrons. The molecule has 4 aromatic heterocycles. The van der Waals surface area contributed by atoms with Crippen molar-refractivity contribution in [2.45, 2.75) is 32.5 Å². The third-order valence-electron chi connectivity index (χ3n) is 6.48. The van der Waals surface area contributed by atoms with E-state index in [0.717, 1.165) is 11.8 Å². The molecule has 0 radical (unpaired) electrons. The van der Waals surface area contributed by atoms with Crippen LogP contribution in [0.1, 0.15) is 23.4 Å². The van der Waals surface area contributed by atoms with Gasteiger partial charge >= 0.3 is 6.18 Å². The zero-order valence-corrected chi connectivity index (χ0v) is 20.3. The van der Waals surface area contributed by atoms with E-state index >= 15 is 0 Å². The number of alkyl halides is 3. The number of nitrogens with zero attached hydrogens (tertiary/aromatic N) is 4. The van der Waals surface area contributed by atoms with Crippen LogP contribution in [0, 0.1) is 19.8 Å². The van der Waals surface area contributed by atoms with Crippen LogP contribution in [0.2, 0.25) is 0 Å². The maximum atomic E-state index is 14.0. The predicted octanol–water partition coefficient (Wildman–Crippen LogP) is 3.45. The van der Waals surface area contributed by atoms with E-state index in [1.165, 1.54) is 6.20 Å². The lowest BCUT2D eigenvalue weighted by molar-refractivity contribution is -0.137. The fraction of sp³-hybridized carbons (Fsp3) is 0.375. The first-order valence-corrected chi connectivity index (χ1v) is 11.7. The number of aromatic nitrogens is 5. The van der Waals surface area contributed by atoms with Gasteiger partial charge in [-0.15, -0.1) is 0 Å². The number of fused-ring (bicyclic) bond motifs is 1. The van der Waals surface area contributed by atoms with Crippen LogP contribution in [-0.4, -0.2) is 57.2 Å². The van der Waals surface area contributed by atoms with Gasteiger partial charge in [0.2, 0.25) is 11.9 Å². The summed E-state index contributed by atoms with van der Waals surface area (Å²) in [6, 6.07) is 3.18. The normalized spacial score (nSPS) is 18.2. The van der Waals surface area contributed by atoms with Gasteiger partial charge in [-0.1, -0.05) is 5.16 Å². The fourth-order valence-electron chi connectivity index (χ4n) is 4.69.